The Morgan fingerprint density at radius 1 is 1.58 bits per heavy atom. The third-order valence-electron chi connectivity index (χ3n) is 3.47. The lowest BCUT2D eigenvalue weighted by molar-refractivity contribution is -0.385. The zero-order valence-electron chi connectivity index (χ0n) is 10.8. The molecule has 3 N–H and O–H groups in total. The second-order valence-corrected chi connectivity index (χ2v) is 5.06. The number of carbonyl (C=O) groups excluding carboxylic acids is 1. The molecule has 0 spiro atoms. The lowest BCUT2D eigenvalue weighted by Crippen LogP contribution is -2.29. The minimum absolute atomic E-state index is 0.0213. The summed E-state index contributed by atoms with van der Waals surface area (Å²) >= 11 is 0. The van der Waals surface area contributed by atoms with E-state index in [1.54, 1.807) is 0 Å². The van der Waals surface area contributed by atoms with Crippen LogP contribution in [0, 0.1) is 22.0 Å². The summed E-state index contributed by atoms with van der Waals surface area (Å²) in [5, 5.41) is 13.6. The minimum Gasteiger partial charge on any atom is -0.399 e. The number of anilines is 1. The van der Waals surface area contributed by atoms with Gasteiger partial charge in [-0.15, -0.1) is 0 Å². The number of rotatable bonds is 5. The molecule has 6 nitrogen and oxygen atoms in total. The van der Waals surface area contributed by atoms with Gasteiger partial charge in [-0.1, -0.05) is 6.92 Å². The average molecular weight is 263 g/mol. The highest BCUT2D eigenvalue weighted by atomic mass is 16.6. The van der Waals surface area contributed by atoms with Gasteiger partial charge >= 0.3 is 0 Å². The first-order chi connectivity index (χ1) is 8.99. The summed E-state index contributed by atoms with van der Waals surface area (Å²) in [7, 11) is 0. The molecule has 1 amide bonds. The molecule has 2 rings (SSSR count). The molecular weight excluding hydrogens is 246 g/mol. The molecule has 1 aliphatic carbocycles. The SMILES string of the molecule is CC(CNC(=O)c1cc(N)ccc1[N+](=O)[O-])C1CC1. The first-order valence-electron chi connectivity index (χ1n) is 6.31. The lowest BCUT2D eigenvalue weighted by atomic mass is 10.1. The van der Waals surface area contributed by atoms with E-state index in [0.29, 0.717) is 24.1 Å². The summed E-state index contributed by atoms with van der Waals surface area (Å²) in [6.45, 7) is 2.61. The maximum absolute atomic E-state index is 12.0. The Balaban J connectivity index is 2.08. The number of benzene rings is 1. The molecule has 1 aromatic carbocycles. The van der Waals surface area contributed by atoms with Gasteiger partial charge in [-0.25, -0.2) is 0 Å². The van der Waals surface area contributed by atoms with Crippen LogP contribution in [0.1, 0.15) is 30.1 Å². The third-order valence-corrected chi connectivity index (χ3v) is 3.47. The second-order valence-electron chi connectivity index (χ2n) is 5.06. The van der Waals surface area contributed by atoms with Gasteiger partial charge in [-0.05, 0) is 36.8 Å². The number of nitrogen functional groups attached to an aromatic ring is 1. The molecule has 0 radical (unpaired) electrons. The molecule has 19 heavy (non-hydrogen) atoms. The summed E-state index contributed by atoms with van der Waals surface area (Å²) < 4.78 is 0. The van der Waals surface area contributed by atoms with Crippen LogP contribution >= 0.6 is 0 Å². The van der Waals surface area contributed by atoms with Gasteiger partial charge in [-0.3, -0.25) is 14.9 Å². The van der Waals surface area contributed by atoms with E-state index in [1.165, 1.54) is 31.0 Å². The molecule has 0 aromatic heterocycles. The van der Waals surface area contributed by atoms with Crippen molar-refractivity contribution in [3.05, 3.63) is 33.9 Å². The summed E-state index contributed by atoms with van der Waals surface area (Å²) in [6, 6.07) is 4.02. The van der Waals surface area contributed by atoms with Crippen molar-refractivity contribution in [1.82, 2.24) is 5.32 Å². The Morgan fingerprint density at radius 3 is 2.84 bits per heavy atom. The smallest absolute Gasteiger partial charge is 0.282 e. The molecule has 1 unspecified atom stereocenters. The Bertz CT molecular complexity index is 512. The molecule has 1 aliphatic rings. The average Bonchev–Trinajstić information content (AvgIpc) is 3.19. The van der Waals surface area contributed by atoms with Crippen molar-refractivity contribution >= 4 is 17.3 Å². The molecular formula is C13H17N3O3. The fraction of sp³-hybridized carbons (Fsp3) is 0.462. The largest absolute Gasteiger partial charge is 0.399 e. The van der Waals surface area contributed by atoms with E-state index in [2.05, 4.69) is 12.2 Å². The van der Waals surface area contributed by atoms with Gasteiger partial charge < -0.3 is 11.1 Å². The molecule has 0 heterocycles. The maximum atomic E-state index is 12.0. The van der Waals surface area contributed by atoms with Crippen molar-refractivity contribution in [3.63, 3.8) is 0 Å². The van der Waals surface area contributed by atoms with Gasteiger partial charge in [0.2, 0.25) is 0 Å². The van der Waals surface area contributed by atoms with E-state index >= 15 is 0 Å². The zero-order chi connectivity index (χ0) is 14.0. The normalized spacial score (nSPS) is 15.8. The van der Waals surface area contributed by atoms with Gasteiger partial charge in [0, 0.05) is 18.3 Å². The van der Waals surface area contributed by atoms with E-state index < -0.39 is 10.8 Å². The predicted octanol–water partition coefficient (Wildman–Crippen LogP) is 1.95. The van der Waals surface area contributed by atoms with Gasteiger partial charge in [0.1, 0.15) is 5.56 Å². The number of hydrogen-bond acceptors (Lipinski definition) is 4. The third kappa shape index (κ3) is 3.21. The van der Waals surface area contributed by atoms with Crippen LogP contribution in [0.2, 0.25) is 0 Å². The van der Waals surface area contributed by atoms with Crippen molar-refractivity contribution in [2.75, 3.05) is 12.3 Å². The van der Waals surface area contributed by atoms with Crippen LogP contribution in [0.5, 0.6) is 0 Å². The predicted molar refractivity (Wildman–Crippen MR) is 71.7 cm³/mol. The van der Waals surface area contributed by atoms with Gasteiger partial charge in [0.25, 0.3) is 11.6 Å². The van der Waals surface area contributed by atoms with Crippen LogP contribution in [0.3, 0.4) is 0 Å². The van der Waals surface area contributed by atoms with Crippen LogP contribution in [0.15, 0.2) is 18.2 Å². The molecule has 0 aliphatic heterocycles. The zero-order valence-corrected chi connectivity index (χ0v) is 10.8. The quantitative estimate of drug-likeness (QED) is 0.482. The molecule has 1 saturated carbocycles. The highest BCUT2D eigenvalue weighted by Gasteiger charge is 2.28. The highest BCUT2D eigenvalue weighted by molar-refractivity contribution is 5.99. The summed E-state index contributed by atoms with van der Waals surface area (Å²) in [5.41, 5.74) is 5.72. The van der Waals surface area contributed by atoms with E-state index in [1.807, 2.05) is 0 Å². The molecule has 1 atom stereocenters. The fourth-order valence-corrected chi connectivity index (χ4v) is 2.08. The van der Waals surface area contributed by atoms with Crippen molar-refractivity contribution in [1.29, 1.82) is 0 Å². The standard InChI is InChI=1S/C13H17N3O3/c1-8(9-2-3-9)7-15-13(17)11-6-10(14)4-5-12(11)16(18)19/h4-6,8-9H,2-3,7,14H2,1H3,(H,15,17). The maximum Gasteiger partial charge on any atom is 0.282 e. The number of nitrogens with one attached hydrogen (secondary N) is 1. The number of nitrogens with zero attached hydrogens (tertiary/aromatic N) is 1. The van der Waals surface area contributed by atoms with E-state index in [-0.39, 0.29) is 11.3 Å². The lowest BCUT2D eigenvalue weighted by Gasteiger charge is -2.11. The molecule has 102 valence electrons. The first kappa shape index (κ1) is 13.3. The number of nitrogens with two attached hydrogens (primary N) is 1. The van der Waals surface area contributed by atoms with Crippen LogP contribution < -0.4 is 11.1 Å². The van der Waals surface area contributed by atoms with Gasteiger partial charge in [0.05, 0.1) is 4.92 Å². The second kappa shape index (κ2) is 5.26. The molecule has 6 heteroatoms. The first-order valence-corrected chi connectivity index (χ1v) is 6.31. The van der Waals surface area contributed by atoms with Crippen molar-refractivity contribution < 1.29 is 9.72 Å². The number of nitro groups is 1. The Hall–Kier alpha value is -2.11. The summed E-state index contributed by atoms with van der Waals surface area (Å²) in [5.74, 6) is 0.645. The van der Waals surface area contributed by atoms with Gasteiger partial charge in [0.15, 0.2) is 0 Å². The fourth-order valence-electron chi connectivity index (χ4n) is 2.08. The van der Waals surface area contributed by atoms with Crippen molar-refractivity contribution in [2.45, 2.75) is 19.8 Å². The molecule has 0 bridgehead atoms. The summed E-state index contributed by atoms with van der Waals surface area (Å²) in [4.78, 5) is 22.3. The number of carbonyl (C=O) groups is 1. The van der Waals surface area contributed by atoms with Crippen LogP contribution in [-0.4, -0.2) is 17.4 Å². The Kier molecular flexibility index (Phi) is 3.69. The van der Waals surface area contributed by atoms with Gasteiger partial charge in [-0.2, -0.15) is 0 Å². The Morgan fingerprint density at radius 2 is 2.26 bits per heavy atom. The molecule has 1 fully saturated rings. The van der Waals surface area contributed by atoms with Crippen molar-refractivity contribution in [3.8, 4) is 0 Å². The summed E-state index contributed by atoms with van der Waals surface area (Å²) in [6.07, 6.45) is 2.41. The number of nitro benzene ring substituents is 1. The molecule has 1 aromatic rings. The van der Waals surface area contributed by atoms with Crippen LogP contribution in [0.25, 0.3) is 0 Å². The van der Waals surface area contributed by atoms with E-state index in [4.69, 9.17) is 5.73 Å². The topological polar surface area (TPSA) is 98.3 Å². The van der Waals surface area contributed by atoms with E-state index in [0.717, 1.165) is 0 Å². The Labute approximate surface area is 111 Å². The minimum atomic E-state index is -0.571. The van der Waals surface area contributed by atoms with E-state index in [9.17, 15) is 14.9 Å². The monoisotopic (exact) mass is 263 g/mol. The molecule has 0 saturated heterocycles. The number of hydrogen-bond donors (Lipinski definition) is 2. The van der Waals surface area contributed by atoms with Crippen LogP contribution in [0.4, 0.5) is 11.4 Å². The van der Waals surface area contributed by atoms with Crippen LogP contribution in [-0.2, 0) is 0 Å². The highest BCUT2D eigenvalue weighted by Crippen LogP contribution is 2.36. The number of amides is 1. The van der Waals surface area contributed by atoms with Crippen molar-refractivity contribution in [2.24, 2.45) is 11.8 Å².